The van der Waals surface area contributed by atoms with E-state index in [0.29, 0.717) is 12.8 Å². The van der Waals surface area contributed by atoms with E-state index in [-0.39, 0.29) is 12.5 Å². The quantitative estimate of drug-likeness (QED) is 0.759. The minimum absolute atomic E-state index is 0.0804. The Morgan fingerprint density at radius 2 is 1.79 bits per heavy atom. The standard InChI is InChI=1S/C19H22BrNO3/c1-19(23,15-6-8-16(20)9-7-15)13-21-18(22)12-5-14-3-10-17(24-2)11-4-14/h3-4,6-11,23H,5,12-13H2,1-2H3,(H,21,22). The molecule has 0 heterocycles. The average molecular weight is 392 g/mol. The van der Waals surface area contributed by atoms with Crippen molar-refractivity contribution in [2.45, 2.75) is 25.4 Å². The van der Waals surface area contributed by atoms with Crippen LogP contribution >= 0.6 is 15.9 Å². The van der Waals surface area contributed by atoms with Gasteiger partial charge in [-0.2, -0.15) is 0 Å². The van der Waals surface area contributed by atoms with Gasteiger partial charge in [-0.15, -0.1) is 0 Å². The number of hydrogen-bond acceptors (Lipinski definition) is 3. The number of benzene rings is 2. The van der Waals surface area contributed by atoms with E-state index < -0.39 is 5.60 Å². The van der Waals surface area contributed by atoms with E-state index in [2.05, 4.69) is 21.2 Å². The Morgan fingerprint density at radius 3 is 2.38 bits per heavy atom. The molecule has 1 unspecified atom stereocenters. The van der Waals surface area contributed by atoms with Gasteiger partial charge in [0.25, 0.3) is 0 Å². The molecule has 2 N–H and O–H groups in total. The summed E-state index contributed by atoms with van der Waals surface area (Å²) in [5.41, 5.74) is 0.739. The summed E-state index contributed by atoms with van der Waals surface area (Å²) in [5.74, 6) is 0.719. The summed E-state index contributed by atoms with van der Waals surface area (Å²) in [6.07, 6.45) is 1.03. The highest BCUT2D eigenvalue weighted by Gasteiger charge is 2.23. The second kappa shape index (κ2) is 8.31. The summed E-state index contributed by atoms with van der Waals surface area (Å²) < 4.78 is 6.06. The van der Waals surface area contributed by atoms with Crippen molar-refractivity contribution in [3.05, 3.63) is 64.1 Å². The molecule has 2 aromatic rings. The molecule has 0 radical (unpaired) electrons. The monoisotopic (exact) mass is 391 g/mol. The van der Waals surface area contributed by atoms with Crippen LogP contribution < -0.4 is 10.1 Å². The third-order valence-electron chi connectivity index (χ3n) is 3.90. The Bertz CT molecular complexity index is 666. The summed E-state index contributed by atoms with van der Waals surface area (Å²) in [6, 6.07) is 15.1. The van der Waals surface area contributed by atoms with Gasteiger partial charge in [0.1, 0.15) is 11.4 Å². The van der Waals surface area contributed by atoms with E-state index >= 15 is 0 Å². The third-order valence-corrected chi connectivity index (χ3v) is 4.42. The van der Waals surface area contributed by atoms with E-state index in [4.69, 9.17) is 4.74 Å². The maximum Gasteiger partial charge on any atom is 0.220 e. The molecule has 0 aliphatic heterocycles. The highest BCUT2D eigenvalue weighted by atomic mass is 79.9. The number of rotatable bonds is 7. The zero-order chi connectivity index (χ0) is 17.6. The van der Waals surface area contributed by atoms with Crippen molar-refractivity contribution in [1.29, 1.82) is 0 Å². The highest BCUT2D eigenvalue weighted by Crippen LogP contribution is 2.22. The molecule has 0 saturated carbocycles. The van der Waals surface area contributed by atoms with Gasteiger partial charge in [-0.05, 0) is 48.7 Å². The number of nitrogens with one attached hydrogen (secondary N) is 1. The SMILES string of the molecule is COc1ccc(CCC(=O)NCC(C)(O)c2ccc(Br)cc2)cc1. The number of aliphatic hydroxyl groups is 1. The van der Waals surface area contributed by atoms with Crippen LogP contribution in [0.1, 0.15) is 24.5 Å². The molecule has 0 aliphatic rings. The maximum absolute atomic E-state index is 12.0. The van der Waals surface area contributed by atoms with Gasteiger partial charge in [0.2, 0.25) is 5.91 Å². The number of aryl methyl sites for hydroxylation is 1. The van der Waals surface area contributed by atoms with E-state index in [1.807, 2.05) is 48.5 Å². The maximum atomic E-state index is 12.0. The number of amides is 1. The molecule has 2 rings (SSSR count). The summed E-state index contributed by atoms with van der Waals surface area (Å²) in [6.45, 7) is 1.87. The number of ether oxygens (including phenoxy) is 1. The molecular formula is C19H22BrNO3. The Morgan fingerprint density at radius 1 is 1.17 bits per heavy atom. The fourth-order valence-corrected chi connectivity index (χ4v) is 2.58. The van der Waals surface area contributed by atoms with Crippen LogP contribution in [0.3, 0.4) is 0 Å². The Labute approximate surface area is 151 Å². The fraction of sp³-hybridized carbons (Fsp3) is 0.316. The van der Waals surface area contributed by atoms with E-state index in [1.165, 1.54) is 0 Å². The van der Waals surface area contributed by atoms with Crippen molar-refractivity contribution in [3.63, 3.8) is 0 Å². The molecule has 0 fully saturated rings. The predicted molar refractivity (Wildman–Crippen MR) is 98.0 cm³/mol. The Balaban J connectivity index is 1.82. The molecule has 0 saturated heterocycles. The molecule has 0 aromatic heterocycles. The molecule has 24 heavy (non-hydrogen) atoms. The van der Waals surface area contributed by atoms with Gasteiger partial charge in [-0.25, -0.2) is 0 Å². The van der Waals surface area contributed by atoms with Crippen molar-refractivity contribution in [2.75, 3.05) is 13.7 Å². The lowest BCUT2D eigenvalue weighted by molar-refractivity contribution is -0.122. The normalized spacial score (nSPS) is 13.2. The first-order valence-corrected chi connectivity index (χ1v) is 8.58. The van der Waals surface area contributed by atoms with Crippen LogP contribution in [0.15, 0.2) is 53.0 Å². The second-order valence-corrected chi connectivity index (χ2v) is 6.82. The van der Waals surface area contributed by atoms with E-state index in [1.54, 1.807) is 14.0 Å². The zero-order valence-corrected chi connectivity index (χ0v) is 15.5. The number of hydrogen-bond donors (Lipinski definition) is 2. The van der Waals surface area contributed by atoms with Gasteiger partial charge < -0.3 is 15.2 Å². The lowest BCUT2D eigenvalue weighted by Gasteiger charge is -2.24. The minimum Gasteiger partial charge on any atom is -0.497 e. The van der Waals surface area contributed by atoms with Gasteiger partial charge >= 0.3 is 0 Å². The van der Waals surface area contributed by atoms with Gasteiger partial charge in [-0.3, -0.25) is 4.79 Å². The molecule has 1 amide bonds. The number of methoxy groups -OCH3 is 1. The topological polar surface area (TPSA) is 58.6 Å². The lowest BCUT2D eigenvalue weighted by atomic mass is 9.96. The summed E-state index contributed by atoms with van der Waals surface area (Å²) in [5, 5.41) is 13.3. The van der Waals surface area contributed by atoms with Gasteiger partial charge in [0.15, 0.2) is 0 Å². The van der Waals surface area contributed by atoms with Crippen LogP contribution in [-0.4, -0.2) is 24.7 Å². The average Bonchev–Trinajstić information content (AvgIpc) is 2.59. The first-order chi connectivity index (χ1) is 11.4. The molecule has 0 spiro atoms. The predicted octanol–water partition coefficient (Wildman–Crippen LogP) is 3.41. The van der Waals surface area contributed by atoms with Crippen LogP contribution in [0.5, 0.6) is 5.75 Å². The van der Waals surface area contributed by atoms with Crippen molar-refractivity contribution in [1.82, 2.24) is 5.32 Å². The fourth-order valence-electron chi connectivity index (χ4n) is 2.32. The number of halogens is 1. The van der Waals surface area contributed by atoms with E-state index in [0.717, 1.165) is 21.3 Å². The second-order valence-electron chi connectivity index (χ2n) is 5.91. The van der Waals surface area contributed by atoms with E-state index in [9.17, 15) is 9.90 Å². The minimum atomic E-state index is -1.10. The molecular weight excluding hydrogens is 370 g/mol. The molecule has 0 bridgehead atoms. The van der Waals surface area contributed by atoms with Crippen molar-refractivity contribution in [3.8, 4) is 5.75 Å². The highest BCUT2D eigenvalue weighted by molar-refractivity contribution is 9.10. The molecule has 0 aliphatic carbocycles. The van der Waals surface area contributed by atoms with Crippen LogP contribution in [0, 0.1) is 0 Å². The summed E-state index contributed by atoms with van der Waals surface area (Å²) in [4.78, 5) is 12.0. The Hall–Kier alpha value is -1.85. The van der Waals surface area contributed by atoms with Gasteiger partial charge in [0, 0.05) is 10.9 Å². The first-order valence-electron chi connectivity index (χ1n) is 7.79. The first kappa shape index (κ1) is 18.5. The number of carbonyl (C=O) groups excluding carboxylic acids is 1. The lowest BCUT2D eigenvalue weighted by Crippen LogP contribution is -2.38. The van der Waals surface area contributed by atoms with Gasteiger partial charge in [0.05, 0.1) is 13.7 Å². The van der Waals surface area contributed by atoms with Crippen LogP contribution in [0.2, 0.25) is 0 Å². The molecule has 1 atom stereocenters. The van der Waals surface area contributed by atoms with Crippen LogP contribution in [-0.2, 0) is 16.8 Å². The van der Waals surface area contributed by atoms with Crippen molar-refractivity contribution >= 4 is 21.8 Å². The Kier molecular flexibility index (Phi) is 6.40. The summed E-state index contributed by atoms with van der Waals surface area (Å²) in [7, 11) is 1.62. The number of carbonyl (C=O) groups is 1. The molecule has 4 nitrogen and oxygen atoms in total. The smallest absolute Gasteiger partial charge is 0.220 e. The van der Waals surface area contributed by atoms with Crippen LogP contribution in [0.25, 0.3) is 0 Å². The third kappa shape index (κ3) is 5.35. The molecule has 2 aromatic carbocycles. The largest absolute Gasteiger partial charge is 0.497 e. The molecule has 128 valence electrons. The van der Waals surface area contributed by atoms with Crippen LogP contribution in [0.4, 0.5) is 0 Å². The molecule has 5 heteroatoms. The van der Waals surface area contributed by atoms with Gasteiger partial charge in [-0.1, -0.05) is 40.2 Å². The summed E-state index contributed by atoms with van der Waals surface area (Å²) >= 11 is 3.37. The zero-order valence-electron chi connectivity index (χ0n) is 13.9. The van der Waals surface area contributed by atoms with Crippen molar-refractivity contribution < 1.29 is 14.6 Å². The van der Waals surface area contributed by atoms with Crippen molar-refractivity contribution in [2.24, 2.45) is 0 Å².